The summed E-state index contributed by atoms with van der Waals surface area (Å²) in [4.78, 5) is 3.89. The summed E-state index contributed by atoms with van der Waals surface area (Å²) in [6.45, 7) is 0. The van der Waals surface area contributed by atoms with Gasteiger partial charge in [-0.3, -0.25) is 9.67 Å². The quantitative estimate of drug-likeness (QED) is 0.252. The topological polar surface area (TPSA) is 94.1 Å². The lowest BCUT2D eigenvalue weighted by atomic mass is 9.98. The van der Waals surface area contributed by atoms with Crippen LogP contribution in [0.4, 0.5) is 20.3 Å². The molecule has 6 aromatic rings. The molecular weight excluding hydrogens is 524 g/mol. The van der Waals surface area contributed by atoms with Gasteiger partial charge in [-0.15, -0.1) is 0 Å². The van der Waals surface area contributed by atoms with Crippen LogP contribution in [0.25, 0.3) is 33.2 Å². The van der Waals surface area contributed by atoms with Crippen molar-refractivity contribution in [1.82, 2.24) is 19.9 Å². The first-order valence-electron chi connectivity index (χ1n) is 11.7. The Morgan fingerprint density at radius 1 is 0.923 bits per heavy atom. The third-order valence-electron chi connectivity index (χ3n) is 6.34. The minimum atomic E-state index is -4.56. The molecule has 194 valence electrons. The van der Waals surface area contributed by atoms with Gasteiger partial charge in [0.05, 0.1) is 16.2 Å². The molecule has 0 saturated heterocycles. The average Bonchev–Trinajstić information content (AvgIpc) is 3.63. The summed E-state index contributed by atoms with van der Waals surface area (Å²) >= 11 is 0. The van der Waals surface area contributed by atoms with Gasteiger partial charge in [-0.25, -0.2) is 21.5 Å². The molecule has 3 aromatic carbocycles. The fourth-order valence-corrected chi connectivity index (χ4v) is 5.98. The van der Waals surface area contributed by atoms with Crippen LogP contribution in [0.2, 0.25) is 0 Å². The van der Waals surface area contributed by atoms with E-state index in [2.05, 4.69) is 15.2 Å². The number of sulfonamides is 1. The second-order valence-electron chi connectivity index (χ2n) is 8.66. The zero-order valence-corrected chi connectivity index (χ0v) is 21.2. The molecule has 0 radical (unpaired) electrons. The van der Waals surface area contributed by atoms with Crippen LogP contribution in [0.15, 0.2) is 107 Å². The maximum absolute atomic E-state index is 16.5. The van der Waals surface area contributed by atoms with E-state index in [4.69, 9.17) is 4.52 Å². The molecule has 0 aliphatic heterocycles. The molecule has 0 unspecified atom stereocenters. The van der Waals surface area contributed by atoms with E-state index in [9.17, 15) is 8.42 Å². The Balaban J connectivity index is 1.67. The normalized spacial score (nSPS) is 11.7. The van der Waals surface area contributed by atoms with Crippen molar-refractivity contribution in [2.45, 2.75) is 4.90 Å². The first-order valence-corrected chi connectivity index (χ1v) is 13.2. The van der Waals surface area contributed by atoms with E-state index in [0.29, 0.717) is 20.6 Å². The van der Waals surface area contributed by atoms with Gasteiger partial charge in [0, 0.05) is 42.7 Å². The second-order valence-corrected chi connectivity index (χ2v) is 10.4. The highest BCUT2D eigenvalue weighted by molar-refractivity contribution is 7.93. The lowest BCUT2D eigenvalue weighted by Gasteiger charge is -2.26. The number of rotatable bonds is 6. The minimum absolute atomic E-state index is 0.0382. The third kappa shape index (κ3) is 4.12. The molecule has 0 aliphatic carbocycles. The van der Waals surface area contributed by atoms with Crippen molar-refractivity contribution in [2.75, 3.05) is 4.31 Å². The van der Waals surface area contributed by atoms with Crippen LogP contribution in [0.5, 0.6) is 0 Å². The van der Waals surface area contributed by atoms with Crippen molar-refractivity contribution in [3.8, 4) is 22.4 Å². The standard InChI is InChI=1S/C28H19F2N5O3S/c1-34-24(10-13-32-34)26-27(30)22(18-5-3-2-4-6-18)16-23(29)28(26)35(25-11-14-38-33-25)39(36,37)21-8-7-20-17-31-12-9-19(20)15-21/h2-17H,1H3. The van der Waals surface area contributed by atoms with Gasteiger partial charge >= 0.3 is 0 Å². The van der Waals surface area contributed by atoms with Crippen LogP contribution < -0.4 is 4.31 Å². The Morgan fingerprint density at radius 3 is 2.46 bits per heavy atom. The van der Waals surface area contributed by atoms with E-state index >= 15 is 8.78 Å². The number of fused-ring (bicyclic) bond motifs is 1. The minimum Gasteiger partial charge on any atom is -0.363 e. The monoisotopic (exact) mass is 543 g/mol. The first-order chi connectivity index (χ1) is 18.9. The number of aromatic nitrogens is 4. The van der Waals surface area contributed by atoms with Gasteiger partial charge in [0.1, 0.15) is 23.6 Å². The highest BCUT2D eigenvalue weighted by atomic mass is 32.2. The van der Waals surface area contributed by atoms with Gasteiger partial charge < -0.3 is 4.52 Å². The molecule has 0 aliphatic rings. The lowest BCUT2D eigenvalue weighted by Crippen LogP contribution is -2.28. The molecular formula is C28H19F2N5O3S. The Bertz CT molecular complexity index is 1920. The van der Waals surface area contributed by atoms with Crippen LogP contribution in [-0.2, 0) is 17.1 Å². The van der Waals surface area contributed by atoms with E-state index in [1.165, 1.54) is 41.3 Å². The smallest absolute Gasteiger partial charge is 0.270 e. The number of halogens is 2. The van der Waals surface area contributed by atoms with Crippen LogP contribution in [0.3, 0.4) is 0 Å². The molecule has 3 aromatic heterocycles. The molecule has 39 heavy (non-hydrogen) atoms. The van der Waals surface area contributed by atoms with Crippen LogP contribution in [0, 0.1) is 11.6 Å². The van der Waals surface area contributed by atoms with Crippen LogP contribution >= 0.6 is 0 Å². The second kappa shape index (κ2) is 9.44. The number of anilines is 2. The predicted octanol–water partition coefficient (Wildman–Crippen LogP) is 6.10. The molecule has 0 saturated carbocycles. The Kier molecular flexibility index (Phi) is 5.92. The summed E-state index contributed by atoms with van der Waals surface area (Å²) < 4.78 is 68.1. The number of nitrogens with zero attached hydrogens (tertiary/aromatic N) is 5. The molecule has 0 atom stereocenters. The SMILES string of the molecule is Cn1nccc1-c1c(F)c(-c2ccccc2)cc(F)c1N(c1ccon1)S(=O)(=O)c1ccc2cnccc2c1. The average molecular weight is 544 g/mol. The van der Waals surface area contributed by atoms with E-state index < -0.39 is 27.3 Å². The van der Waals surface area contributed by atoms with Crippen LogP contribution in [0.1, 0.15) is 0 Å². The Morgan fingerprint density at radius 2 is 1.74 bits per heavy atom. The highest BCUT2D eigenvalue weighted by Gasteiger charge is 2.36. The van der Waals surface area contributed by atoms with Crippen molar-refractivity contribution < 1.29 is 21.7 Å². The largest absolute Gasteiger partial charge is 0.363 e. The molecule has 6 rings (SSSR count). The summed E-state index contributed by atoms with van der Waals surface area (Å²) in [5.74, 6) is -2.06. The molecule has 0 N–H and O–H groups in total. The molecule has 0 spiro atoms. The molecule has 3 heterocycles. The predicted molar refractivity (Wildman–Crippen MR) is 142 cm³/mol. The zero-order chi connectivity index (χ0) is 27.1. The van der Waals surface area contributed by atoms with Gasteiger partial charge in [0.15, 0.2) is 5.82 Å². The summed E-state index contributed by atoms with van der Waals surface area (Å²) in [5, 5.41) is 9.21. The maximum Gasteiger partial charge on any atom is 0.270 e. The summed E-state index contributed by atoms with van der Waals surface area (Å²) in [6.07, 6.45) is 5.70. The summed E-state index contributed by atoms with van der Waals surface area (Å²) in [7, 11) is -3.00. The fourth-order valence-electron chi connectivity index (χ4n) is 4.49. The summed E-state index contributed by atoms with van der Waals surface area (Å²) in [6, 6.07) is 18.2. The van der Waals surface area contributed by atoms with Gasteiger partial charge in [-0.2, -0.15) is 5.10 Å². The highest BCUT2D eigenvalue weighted by Crippen LogP contribution is 2.45. The lowest BCUT2D eigenvalue weighted by molar-refractivity contribution is 0.421. The number of benzene rings is 3. The van der Waals surface area contributed by atoms with Gasteiger partial charge in [-0.05, 0) is 41.3 Å². The van der Waals surface area contributed by atoms with Crippen molar-refractivity contribution in [3.05, 3.63) is 109 Å². The van der Waals surface area contributed by atoms with Gasteiger partial charge in [0.2, 0.25) is 0 Å². The van der Waals surface area contributed by atoms with Crippen LogP contribution in [-0.4, -0.2) is 28.3 Å². The number of hydrogen-bond acceptors (Lipinski definition) is 6. The number of hydrogen-bond donors (Lipinski definition) is 0. The molecule has 0 fully saturated rings. The van der Waals surface area contributed by atoms with E-state index in [-0.39, 0.29) is 27.5 Å². The third-order valence-corrected chi connectivity index (χ3v) is 8.04. The Hall–Kier alpha value is -4.90. The zero-order valence-electron chi connectivity index (χ0n) is 20.4. The number of pyridine rings is 1. The molecule has 11 heteroatoms. The van der Waals surface area contributed by atoms with E-state index in [0.717, 1.165) is 12.3 Å². The number of aryl methyl sites for hydroxylation is 1. The summed E-state index contributed by atoms with van der Waals surface area (Å²) in [5.41, 5.74) is -0.316. The van der Waals surface area contributed by atoms with Crippen molar-refractivity contribution in [1.29, 1.82) is 0 Å². The molecule has 8 nitrogen and oxygen atoms in total. The van der Waals surface area contributed by atoms with Crippen molar-refractivity contribution in [3.63, 3.8) is 0 Å². The van der Waals surface area contributed by atoms with Gasteiger partial charge in [0.25, 0.3) is 10.0 Å². The first kappa shape index (κ1) is 24.4. The molecule has 0 bridgehead atoms. The maximum atomic E-state index is 16.5. The fraction of sp³-hybridized carbons (Fsp3) is 0.0357. The van der Waals surface area contributed by atoms with Crippen molar-refractivity contribution >= 4 is 32.3 Å². The van der Waals surface area contributed by atoms with Crippen molar-refractivity contribution in [2.24, 2.45) is 7.05 Å². The van der Waals surface area contributed by atoms with E-state index in [1.807, 2.05) is 0 Å². The van der Waals surface area contributed by atoms with E-state index in [1.54, 1.807) is 55.7 Å². The Labute approximate surface area is 221 Å². The molecule has 0 amide bonds. The van der Waals surface area contributed by atoms with Gasteiger partial charge in [-0.1, -0.05) is 41.6 Å².